The monoisotopic (exact) mass is 309 g/mol. The molecule has 0 atom stereocenters. The van der Waals surface area contributed by atoms with Crippen LogP contribution in [-0.2, 0) is 0 Å². The van der Waals surface area contributed by atoms with Crippen LogP contribution in [0.3, 0.4) is 0 Å². The molecule has 0 saturated carbocycles. The van der Waals surface area contributed by atoms with Crippen molar-refractivity contribution in [2.24, 2.45) is 5.10 Å². The smallest absolute Gasteiger partial charge is 0.134 e. The predicted molar refractivity (Wildman–Crippen MR) is 88.4 cm³/mol. The Hall–Kier alpha value is -1.11. The standard InChI is InChI=1S/C13H15N3S3/c1-9-12(10(16-14-2)6-8-17-3)19-13(15-9)11-5-4-7-18-11/h4-8,14H,1-3H3/b8-6+,16-10+. The summed E-state index contributed by atoms with van der Waals surface area (Å²) in [5.74, 6) is 0. The van der Waals surface area contributed by atoms with E-state index in [0.29, 0.717) is 0 Å². The molecular formula is C13H15N3S3. The van der Waals surface area contributed by atoms with Crippen LogP contribution in [0.4, 0.5) is 0 Å². The Morgan fingerprint density at radius 3 is 3.00 bits per heavy atom. The average Bonchev–Trinajstić information content (AvgIpc) is 3.03. The lowest BCUT2D eigenvalue weighted by Crippen LogP contribution is -2.04. The van der Waals surface area contributed by atoms with Crippen LogP contribution in [0.1, 0.15) is 10.6 Å². The maximum Gasteiger partial charge on any atom is 0.134 e. The van der Waals surface area contributed by atoms with Crippen molar-refractivity contribution in [2.75, 3.05) is 13.3 Å². The molecule has 19 heavy (non-hydrogen) atoms. The number of hydrazone groups is 1. The molecule has 6 heteroatoms. The second-order valence-corrected chi connectivity index (χ2v) is 6.36. The number of thiazole rings is 1. The third-order valence-electron chi connectivity index (χ3n) is 2.36. The molecule has 1 N–H and O–H groups in total. The van der Waals surface area contributed by atoms with Crippen molar-refractivity contribution >= 4 is 40.1 Å². The van der Waals surface area contributed by atoms with Crippen LogP contribution in [-0.4, -0.2) is 24.0 Å². The Morgan fingerprint density at radius 1 is 1.53 bits per heavy atom. The summed E-state index contributed by atoms with van der Waals surface area (Å²) < 4.78 is 0. The van der Waals surface area contributed by atoms with Gasteiger partial charge in [0.05, 0.1) is 15.4 Å². The molecule has 0 aliphatic carbocycles. The zero-order valence-corrected chi connectivity index (χ0v) is 13.5. The van der Waals surface area contributed by atoms with Crippen molar-refractivity contribution in [2.45, 2.75) is 6.92 Å². The van der Waals surface area contributed by atoms with E-state index >= 15 is 0 Å². The van der Waals surface area contributed by atoms with Crippen molar-refractivity contribution in [3.8, 4) is 9.88 Å². The Kier molecular flexibility index (Phi) is 5.18. The van der Waals surface area contributed by atoms with E-state index in [1.165, 1.54) is 4.88 Å². The van der Waals surface area contributed by atoms with Crippen molar-refractivity contribution in [1.29, 1.82) is 0 Å². The molecule has 0 bridgehead atoms. The van der Waals surface area contributed by atoms with Crippen LogP contribution in [0.5, 0.6) is 0 Å². The first kappa shape index (κ1) is 14.3. The molecule has 0 unspecified atom stereocenters. The fourth-order valence-corrected chi connectivity index (χ4v) is 3.65. The predicted octanol–water partition coefficient (Wildman–Crippen LogP) is 3.98. The van der Waals surface area contributed by atoms with Crippen LogP contribution >= 0.6 is 34.4 Å². The molecule has 0 aliphatic rings. The van der Waals surface area contributed by atoms with E-state index in [1.54, 1.807) is 34.4 Å². The molecule has 0 fully saturated rings. The van der Waals surface area contributed by atoms with E-state index in [4.69, 9.17) is 0 Å². The summed E-state index contributed by atoms with van der Waals surface area (Å²) >= 11 is 5.05. The molecule has 0 radical (unpaired) electrons. The third kappa shape index (κ3) is 3.46. The van der Waals surface area contributed by atoms with E-state index < -0.39 is 0 Å². The minimum absolute atomic E-state index is 0.926. The Balaban J connectivity index is 2.38. The molecule has 2 aromatic heterocycles. The van der Waals surface area contributed by atoms with Gasteiger partial charge >= 0.3 is 0 Å². The summed E-state index contributed by atoms with van der Waals surface area (Å²) in [6.45, 7) is 2.03. The number of nitrogens with one attached hydrogen (secondary N) is 1. The summed E-state index contributed by atoms with van der Waals surface area (Å²) in [6, 6.07) is 4.14. The molecule has 0 spiro atoms. The van der Waals surface area contributed by atoms with Crippen molar-refractivity contribution in [3.63, 3.8) is 0 Å². The first-order chi connectivity index (χ1) is 9.26. The molecular weight excluding hydrogens is 294 g/mol. The second-order valence-electron chi connectivity index (χ2n) is 3.67. The van der Waals surface area contributed by atoms with Gasteiger partial charge in [0.1, 0.15) is 10.7 Å². The average molecular weight is 309 g/mol. The number of rotatable bonds is 5. The summed E-state index contributed by atoms with van der Waals surface area (Å²) in [5.41, 5.74) is 4.80. The summed E-state index contributed by atoms with van der Waals surface area (Å²) in [4.78, 5) is 6.96. The molecule has 100 valence electrons. The van der Waals surface area contributed by atoms with E-state index in [9.17, 15) is 0 Å². The normalized spacial score (nSPS) is 12.3. The molecule has 0 amide bonds. The zero-order chi connectivity index (χ0) is 13.7. The fourth-order valence-electron chi connectivity index (χ4n) is 1.56. The first-order valence-corrected chi connectivity index (χ1v) is 8.70. The SMILES string of the molecule is CN/N=C(\C=C\SC)c1sc(-c2cccs2)nc1C. The highest BCUT2D eigenvalue weighted by Crippen LogP contribution is 2.31. The Bertz CT molecular complexity index is 582. The number of hydrogen-bond acceptors (Lipinski definition) is 6. The summed E-state index contributed by atoms with van der Waals surface area (Å²) in [6.07, 6.45) is 4.05. The molecule has 2 rings (SSSR count). The number of aryl methyl sites for hydroxylation is 1. The molecule has 2 aromatic rings. The van der Waals surface area contributed by atoms with Gasteiger partial charge in [0.25, 0.3) is 0 Å². The summed E-state index contributed by atoms with van der Waals surface area (Å²) in [5, 5.41) is 9.49. The van der Waals surface area contributed by atoms with Gasteiger partial charge in [-0.15, -0.1) is 34.4 Å². The number of thioether (sulfide) groups is 1. The van der Waals surface area contributed by atoms with Gasteiger partial charge in [0, 0.05) is 7.05 Å². The highest BCUT2D eigenvalue weighted by atomic mass is 32.2. The minimum Gasteiger partial charge on any atom is -0.313 e. The van der Waals surface area contributed by atoms with Gasteiger partial charge in [-0.05, 0) is 36.1 Å². The Labute approximate surface area is 125 Å². The molecule has 3 nitrogen and oxygen atoms in total. The van der Waals surface area contributed by atoms with Crippen molar-refractivity contribution in [1.82, 2.24) is 10.4 Å². The van der Waals surface area contributed by atoms with E-state index in [-0.39, 0.29) is 0 Å². The van der Waals surface area contributed by atoms with Crippen molar-refractivity contribution < 1.29 is 0 Å². The fraction of sp³-hybridized carbons (Fsp3) is 0.231. The minimum atomic E-state index is 0.926. The van der Waals surface area contributed by atoms with Gasteiger partial charge in [-0.2, -0.15) is 5.10 Å². The van der Waals surface area contributed by atoms with Gasteiger partial charge in [-0.1, -0.05) is 6.07 Å². The molecule has 0 aliphatic heterocycles. The Morgan fingerprint density at radius 2 is 2.37 bits per heavy atom. The molecule has 0 aromatic carbocycles. The molecule has 0 saturated heterocycles. The largest absolute Gasteiger partial charge is 0.313 e. The van der Waals surface area contributed by atoms with Gasteiger partial charge in [-0.25, -0.2) is 4.98 Å². The lowest BCUT2D eigenvalue weighted by molar-refractivity contribution is 0.903. The van der Waals surface area contributed by atoms with Crippen LogP contribution in [0.25, 0.3) is 9.88 Å². The molecule has 2 heterocycles. The first-order valence-electron chi connectivity index (χ1n) is 5.71. The van der Waals surface area contributed by atoms with Crippen molar-refractivity contribution in [3.05, 3.63) is 39.6 Å². The highest BCUT2D eigenvalue weighted by molar-refractivity contribution is 8.01. The lowest BCUT2D eigenvalue weighted by atomic mass is 10.2. The maximum absolute atomic E-state index is 4.64. The van der Waals surface area contributed by atoms with E-state index in [2.05, 4.69) is 27.0 Å². The topological polar surface area (TPSA) is 37.3 Å². The van der Waals surface area contributed by atoms with E-state index in [0.717, 1.165) is 21.3 Å². The number of allylic oxidation sites excluding steroid dienone is 1. The zero-order valence-electron chi connectivity index (χ0n) is 11.0. The van der Waals surface area contributed by atoms with Crippen LogP contribution in [0.15, 0.2) is 34.1 Å². The van der Waals surface area contributed by atoms with Crippen LogP contribution in [0.2, 0.25) is 0 Å². The van der Waals surface area contributed by atoms with Crippen LogP contribution < -0.4 is 5.43 Å². The highest BCUT2D eigenvalue weighted by Gasteiger charge is 2.13. The number of aromatic nitrogens is 1. The van der Waals surface area contributed by atoms with Crippen LogP contribution in [0, 0.1) is 6.92 Å². The van der Waals surface area contributed by atoms with Gasteiger partial charge in [-0.3, -0.25) is 0 Å². The van der Waals surface area contributed by atoms with E-state index in [1.807, 2.05) is 37.8 Å². The number of nitrogens with zero attached hydrogens (tertiary/aromatic N) is 2. The number of thiophene rings is 1. The summed E-state index contributed by atoms with van der Waals surface area (Å²) in [7, 11) is 1.81. The third-order valence-corrected chi connectivity index (χ3v) is 4.98. The quantitative estimate of drug-likeness (QED) is 0.670. The maximum atomic E-state index is 4.64. The second kappa shape index (κ2) is 6.88. The lowest BCUT2D eigenvalue weighted by Gasteiger charge is -1.98. The van der Waals surface area contributed by atoms with Gasteiger partial charge in [0.15, 0.2) is 0 Å². The van der Waals surface area contributed by atoms with Gasteiger partial charge < -0.3 is 5.43 Å². The number of hydrogen-bond donors (Lipinski definition) is 1. The van der Waals surface area contributed by atoms with Gasteiger partial charge in [0.2, 0.25) is 0 Å².